The summed E-state index contributed by atoms with van der Waals surface area (Å²) in [6.45, 7) is -0.0857. The molecule has 0 aliphatic carbocycles. The first-order chi connectivity index (χ1) is 10.7. The van der Waals surface area contributed by atoms with Crippen LogP contribution in [-0.2, 0) is 16.2 Å². The van der Waals surface area contributed by atoms with Crippen LogP contribution in [0.4, 0.5) is 13.2 Å². The van der Waals surface area contributed by atoms with Crippen LogP contribution in [0.25, 0.3) is 0 Å². The van der Waals surface area contributed by atoms with Crippen LogP contribution >= 0.6 is 11.3 Å². The molecule has 0 saturated carbocycles. The molecule has 2 aromatic rings. The summed E-state index contributed by atoms with van der Waals surface area (Å²) in [4.78, 5) is 0.237. The van der Waals surface area contributed by atoms with Gasteiger partial charge in [0.05, 0.1) is 16.6 Å². The van der Waals surface area contributed by atoms with Gasteiger partial charge in [0, 0.05) is 11.4 Å². The SMILES string of the molecule is O=S(=O)(NCCC(O)c1cccs1)c1cccc(C(F)(F)F)c1. The van der Waals surface area contributed by atoms with Gasteiger partial charge in [-0.1, -0.05) is 12.1 Å². The van der Waals surface area contributed by atoms with Gasteiger partial charge in [0.15, 0.2) is 0 Å². The first-order valence-corrected chi connectivity index (χ1v) is 8.95. The van der Waals surface area contributed by atoms with Crippen LogP contribution in [0, 0.1) is 0 Å². The molecule has 0 radical (unpaired) electrons. The van der Waals surface area contributed by atoms with E-state index in [4.69, 9.17) is 0 Å². The number of aliphatic hydroxyl groups is 1. The molecule has 1 aromatic heterocycles. The smallest absolute Gasteiger partial charge is 0.388 e. The van der Waals surface area contributed by atoms with E-state index < -0.39 is 32.8 Å². The number of halogens is 3. The second kappa shape index (κ2) is 7.00. The predicted molar refractivity (Wildman–Crippen MR) is 80.5 cm³/mol. The molecule has 0 aliphatic heterocycles. The van der Waals surface area contributed by atoms with Crippen molar-refractivity contribution >= 4 is 21.4 Å². The lowest BCUT2D eigenvalue weighted by Crippen LogP contribution is -2.26. The molecule has 126 valence electrons. The van der Waals surface area contributed by atoms with Crippen molar-refractivity contribution in [3.63, 3.8) is 0 Å². The number of nitrogens with one attached hydrogen (secondary N) is 1. The number of benzene rings is 1. The van der Waals surface area contributed by atoms with Crippen molar-refractivity contribution in [2.45, 2.75) is 23.6 Å². The van der Waals surface area contributed by atoms with Gasteiger partial charge < -0.3 is 5.11 Å². The van der Waals surface area contributed by atoms with Gasteiger partial charge in [0.25, 0.3) is 0 Å². The lowest BCUT2D eigenvalue weighted by atomic mass is 10.2. The molecule has 0 amide bonds. The van der Waals surface area contributed by atoms with E-state index in [1.807, 2.05) is 0 Å². The third-order valence-corrected chi connectivity index (χ3v) is 5.49. The lowest BCUT2D eigenvalue weighted by molar-refractivity contribution is -0.137. The van der Waals surface area contributed by atoms with Crippen molar-refractivity contribution in [3.05, 3.63) is 52.2 Å². The molecule has 1 aromatic carbocycles. The fourth-order valence-corrected chi connectivity index (χ4v) is 3.72. The minimum absolute atomic E-state index is 0.0857. The Balaban J connectivity index is 2.02. The first-order valence-electron chi connectivity index (χ1n) is 6.58. The summed E-state index contributed by atoms with van der Waals surface area (Å²) in [6.07, 6.45) is -5.31. The molecule has 0 saturated heterocycles. The van der Waals surface area contributed by atoms with Crippen LogP contribution in [0.2, 0.25) is 0 Å². The molecule has 1 unspecified atom stereocenters. The maximum atomic E-state index is 12.6. The zero-order valence-electron chi connectivity index (χ0n) is 11.7. The van der Waals surface area contributed by atoms with Crippen LogP contribution < -0.4 is 4.72 Å². The highest BCUT2D eigenvalue weighted by molar-refractivity contribution is 7.89. The Morgan fingerprint density at radius 3 is 2.57 bits per heavy atom. The molecule has 2 rings (SSSR count). The average molecular weight is 365 g/mol. The fourth-order valence-electron chi connectivity index (χ4n) is 1.88. The lowest BCUT2D eigenvalue weighted by Gasteiger charge is -2.12. The van der Waals surface area contributed by atoms with E-state index in [-0.39, 0.29) is 13.0 Å². The monoisotopic (exact) mass is 365 g/mol. The highest BCUT2D eigenvalue weighted by Crippen LogP contribution is 2.30. The van der Waals surface area contributed by atoms with Crippen molar-refractivity contribution in [1.29, 1.82) is 0 Å². The van der Waals surface area contributed by atoms with Crippen LogP contribution in [0.3, 0.4) is 0 Å². The number of hydrogen-bond donors (Lipinski definition) is 2. The van der Waals surface area contributed by atoms with Crippen molar-refractivity contribution in [2.24, 2.45) is 0 Å². The second-order valence-electron chi connectivity index (χ2n) is 4.74. The normalized spacial score (nSPS) is 13.9. The molecule has 0 fully saturated rings. The number of alkyl halides is 3. The Kier molecular flexibility index (Phi) is 5.45. The molecule has 23 heavy (non-hydrogen) atoms. The minimum atomic E-state index is -4.61. The van der Waals surface area contributed by atoms with Crippen molar-refractivity contribution in [3.8, 4) is 0 Å². The van der Waals surface area contributed by atoms with Gasteiger partial charge in [0.1, 0.15) is 0 Å². The molecule has 4 nitrogen and oxygen atoms in total. The Morgan fingerprint density at radius 1 is 1.22 bits per heavy atom. The van der Waals surface area contributed by atoms with Gasteiger partial charge in [-0.05, 0) is 36.1 Å². The minimum Gasteiger partial charge on any atom is -0.388 e. The molecule has 9 heteroatoms. The standard InChI is InChI=1S/C14H14F3NO3S2/c15-14(16,17)10-3-1-4-11(9-10)23(20,21)18-7-6-12(19)13-5-2-8-22-13/h1-5,8-9,12,18-19H,6-7H2. The predicted octanol–water partition coefficient (Wildman–Crippen LogP) is 3.17. The molecule has 2 N–H and O–H groups in total. The summed E-state index contributed by atoms with van der Waals surface area (Å²) in [5, 5.41) is 11.6. The van der Waals surface area contributed by atoms with E-state index in [9.17, 15) is 26.7 Å². The van der Waals surface area contributed by atoms with Gasteiger partial charge in [-0.25, -0.2) is 13.1 Å². The Bertz CT molecular complexity index is 743. The van der Waals surface area contributed by atoms with Crippen molar-refractivity contribution < 1.29 is 26.7 Å². The molecule has 0 bridgehead atoms. The van der Waals surface area contributed by atoms with Crippen LogP contribution in [0.1, 0.15) is 23.0 Å². The number of thiophene rings is 1. The molecule has 1 atom stereocenters. The number of rotatable bonds is 6. The molecular weight excluding hydrogens is 351 g/mol. The summed E-state index contributed by atoms with van der Waals surface area (Å²) in [6, 6.07) is 7.00. The van der Waals surface area contributed by atoms with Crippen LogP contribution in [-0.4, -0.2) is 20.1 Å². The molecule has 0 spiro atoms. The van der Waals surface area contributed by atoms with Gasteiger partial charge in [-0.2, -0.15) is 13.2 Å². The number of sulfonamides is 1. The van der Waals surface area contributed by atoms with E-state index in [0.717, 1.165) is 18.2 Å². The summed E-state index contributed by atoms with van der Waals surface area (Å²) in [5.41, 5.74) is -1.03. The van der Waals surface area contributed by atoms with E-state index in [1.54, 1.807) is 17.5 Å². The van der Waals surface area contributed by atoms with Crippen molar-refractivity contribution in [2.75, 3.05) is 6.54 Å². The molecule has 1 heterocycles. The average Bonchev–Trinajstić information content (AvgIpc) is 3.00. The van der Waals surface area contributed by atoms with Crippen molar-refractivity contribution in [1.82, 2.24) is 4.72 Å². The Hall–Kier alpha value is -1.42. The third kappa shape index (κ3) is 4.77. The summed E-state index contributed by atoms with van der Waals surface area (Å²) >= 11 is 1.34. The fraction of sp³-hybridized carbons (Fsp3) is 0.286. The highest BCUT2D eigenvalue weighted by atomic mass is 32.2. The topological polar surface area (TPSA) is 66.4 Å². The Labute approximate surface area is 135 Å². The maximum Gasteiger partial charge on any atom is 0.416 e. The Morgan fingerprint density at radius 2 is 1.96 bits per heavy atom. The second-order valence-corrected chi connectivity index (χ2v) is 7.49. The zero-order chi connectivity index (χ0) is 17.1. The van der Waals surface area contributed by atoms with E-state index >= 15 is 0 Å². The van der Waals surface area contributed by atoms with Gasteiger partial charge in [-0.3, -0.25) is 0 Å². The van der Waals surface area contributed by atoms with Crippen LogP contribution in [0.5, 0.6) is 0 Å². The molecule has 0 aliphatic rings. The van der Waals surface area contributed by atoms with Crippen LogP contribution in [0.15, 0.2) is 46.7 Å². The van der Waals surface area contributed by atoms with E-state index in [0.29, 0.717) is 10.9 Å². The maximum absolute atomic E-state index is 12.6. The zero-order valence-corrected chi connectivity index (χ0v) is 13.4. The third-order valence-electron chi connectivity index (χ3n) is 3.05. The summed E-state index contributed by atoms with van der Waals surface area (Å²) < 4.78 is 64.1. The van der Waals surface area contributed by atoms with Gasteiger partial charge >= 0.3 is 6.18 Å². The van der Waals surface area contributed by atoms with E-state index in [2.05, 4.69) is 4.72 Å². The molecular formula is C14H14F3NO3S2. The largest absolute Gasteiger partial charge is 0.416 e. The number of hydrogen-bond acceptors (Lipinski definition) is 4. The summed E-state index contributed by atoms with van der Waals surface area (Å²) in [5.74, 6) is 0. The van der Waals surface area contributed by atoms with Gasteiger partial charge in [0.2, 0.25) is 10.0 Å². The quantitative estimate of drug-likeness (QED) is 0.826. The first kappa shape index (κ1) is 17.9. The highest BCUT2D eigenvalue weighted by Gasteiger charge is 2.31. The van der Waals surface area contributed by atoms with E-state index in [1.165, 1.54) is 11.3 Å². The summed E-state index contributed by atoms with van der Waals surface area (Å²) in [7, 11) is -4.07. The number of aliphatic hydroxyl groups excluding tert-OH is 1. The van der Waals surface area contributed by atoms with Gasteiger partial charge in [-0.15, -0.1) is 11.3 Å².